The van der Waals surface area contributed by atoms with Crippen LogP contribution in [0.1, 0.15) is 20.3 Å². The van der Waals surface area contributed by atoms with Gasteiger partial charge in [-0.1, -0.05) is 13.8 Å². The van der Waals surface area contributed by atoms with Crippen molar-refractivity contribution in [2.75, 3.05) is 13.2 Å². The molecule has 1 amide bonds. The zero-order chi connectivity index (χ0) is 15.1. The van der Waals surface area contributed by atoms with Gasteiger partial charge in [0.25, 0.3) is 5.91 Å². The topological polar surface area (TPSA) is 58.6 Å². The van der Waals surface area contributed by atoms with E-state index in [1.165, 1.54) is 18.2 Å². The maximum absolute atomic E-state index is 12.9. The van der Waals surface area contributed by atoms with E-state index in [9.17, 15) is 14.3 Å². The molecular formula is C14H19BrFNO3. The van der Waals surface area contributed by atoms with E-state index in [4.69, 9.17) is 4.74 Å². The van der Waals surface area contributed by atoms with Gasteiger partial charge in [-0.05, 0) is 46.5 Å². The van der Waals surface area contributed by atoms with Gasteiger partial charge in [0, 0.05) is 0 Å². The number of aliphatic hydroxyl groups is 1. The summed E-state index contributed by atoms with van der Waals surface area (Å²) >= 11 is 3.16. The number of carbonyl (C=O) groups excluding carboxylic acids is 1. The molecule has 2 N–H and O–H groups in total. The van der Waals surface area contributed by atoms with Gasteiger partial charge < -0.3 is 15.2 Å². The Kier molecular flexibility index (Phi) is 6.95. The second-order valence-corrected chi connectivity index (χ2v) is 5.79. The molecule has 0 bridgehead atoms. The molecular weight excluding hydrogens is 329 g/mol. The van der Waals surface area contributed by atoms with Crippen LogP contribution in [0.15, 0.2) is 22.7 Å². The van der Waals surface area contributed by atoms with E-state index in [0.29, 0.717) is 22.6 Å². The van der Waals surface area contributed by atoms with E-state index in [1.54, 1.807) is 0 Å². The SMILES string of the molecule is CC(C)CC(CO)NC(=O)COc1ccc(F)cc1Br. The lowest BCUT2D eigenvalue weighted by molar-refractivity contribution is -0.124. The number of hydrogen-bond acceptors (Lipinski definition) is 3. The van der Waals surface area contributed by atoms with Crippen molar-refractivity contribution in [3.05, 3.63) is 28.5 Å². The molecule has 1 aromatic carbocycles. The van der Waals surface area contributed by atoms with Crippen LogP contribution >= 0.6 is 15.9 Å². The molecule has 4 nitrogen and oxygen atoms in total. The second kappa shape index (κ2) is 8.21. The third kappa shape index (κ3) is 5.88. The van der Waals surface area contributed by atoms with Gasteiger partial charge in [0.05, 0.1) is 17.1 Å². The van der Waals surface area contributed by atoms with Crippen LogP contribution in [0.5, 0.6) is 5.75 Å². The average molecular weight is 348 g/mol. The number of ether oxygens (including phenoxy) is 1. The van der Waals surface area contributed by atoms with Crippen LogP contribution in [-0.4, -0.2) is 30.3 Å². The van der Waals surface area contributed by atoms with Gasteiger partial charge in [0.15, 0.2) is 6.61 Å². The lowest BCUT2D eigenvalue weighted by Crippen LogP contribution is -2.40. The Morgan fingerprint density at radius 3 is 2.75 bits per heavy atom. The summed E-state index contributed by atoms with van der Waals surface area (Å²) < 4.78 is 18.6. The molecule has 6 heteroatoms. The van der Waals surface area contributed by atoms with Crippen molar-refractivity contribution in [2.24, 2.45) is 5.92 Å². The monoisotopic (exact) mass is 347 g/mol. The molecule has 0 saturated carbocycles. The van der Waals surface area contributed by atoms with Crippen molar-refractivity contribution >= 4 is 21.8 Å². The van der Waals surface area contributed by atoms with Crippen molar-refractivity contribution in [1.82, 2.24) is 5.32 Å². The smallest absolute Gasteiger partial charge is 0.258 e. The lowest BCUT2D eigenvalue weighted by atomic mass is 10.0. The van der Waals surface area contributed by atoms with E-state index in [2.05, 4.69) is 21.2 Å². The van der Waals surface area contributed by atoms with Gasteiger partial charge in [0.1, 0.15) is 11.6 Å². The van der Waals surface area contributed by atoms with Crippen LogP contribution in [0, 0.1) is 11.7 Å². The van der Waals surface area contributed by atoms with Crippen LogP contribution in [-0.2, 0) is 4.79 Å². The molecule has 20 heavy (non-hydrogen) atoms. The fraction of sp³-hybridized carbons (Fsp3) is 0.500. The quantitative estimate of drug-likeness (QED) is 0.796. The number of hydrogen-bond donors (Lipinski definition) is 2. The molecule has 0 aliphatic rings. The highest BCUT2D eigenvalue weighted by Crippen LogP contribution is 2.25. The molecule has 0 aliphatic carbocycles. The van der Waals surface area contributed by atoms with E-state index in [0.717, 1.165) is 0 Å². The standard InChI is InChI=1S/C14H19BrFNO3/c1-9(2)5-11(7-18)17-14(19)8-20-13-4-3-10(16)6-12(13)15/h3-4,6,9,11,18H,5,7-8H2,1-2H3,(H,17,19). The predicted octanol–water partition coefficient (Wildman–Crippen LogP) is 2.49. The average Bonchev–Trinajstić information content (AvgIpc) is 2.36. The molecule has 0 saturated heterocycles. The molecule has 1 aromatic rings. The molecule has 0 spiro atoms. The van der Waals surface area contributed by atoms with Crippen molar-refractivity contribution in [3.63, 3.8) is 0 Å². The Bertz CT molecular complexity index is 454. The Hall–Kier alpha value is -1.14. The minimum atomic E-state index is -0.383. The number of benzene rings is 1. The van der Waals surface area contributed by atoms with E-state index >= 15 is 0 Å². The Morgan fingerprint density at radius 2 is 2.20 bits per heavy atom. The molecule has 0 heterocycles. The normalized spacial score (nSPS) is 12.3. The first-order valence-corrected chi connectivity index (χ1v) is 7.19. The summed E-state index contributed by atoms with van der Waals surface area (Å²) in [5.74, 6) is 0.0671. The molecule has 1 unspecified atom stereocenters. The van der Waals surface area contributed by atoms with Gasteiger partial charge in [-0.25, -0.2) is 4.39 Å². The van der Waals surface area contributed by atoms with Crippen molar-refractivity contribution < 1.29 is 19.0 Å². The second-order valence-electron chi connectivity index (χ2n) is 4.94. The Morgan fingerprint density at radius 1 is 1.50 bits per heavy atom. The predicted molar refractivity (Wildman–Crippen MR) is 78.1 cm³/mol. The maximum atomic E-state index is 12.9. The molecule has 112 valence electrons. The first-order chi connectivity index (χ1) is 9.42. The van der Waals surface area contributed by atoms with Gasteiger partial charge in [-0.2, -0.15) is 0 Å². The van der Waals surface area contributed by atoms with Crippen molar-refractivity contribution in [3.8, 4) is 5.75 Å². The largest absolute Gasteiger partial charge is 0.483 e. The van der Waals surface area contributed by atoms with Gasteiger partial charge in [-0.3, -0.25) is 4.79 Å². The number of nitrogens with one attached hydrogen (secondary N) is 1. The van der Waals surface area contributed by atoms with Crippen LogP contribution in [0.3, 0.4) is 0 Å². The minimum absolute atomic E-state index is 0.107. The molecule has 1 atom stereocenters. The summed E-state index contributed by atoms with van der Waals surface area (Å²) in [5.41, 5.74) is 0. The molecule has 1 rings (SSSR count). The van der Waals surface area contributed by atoms with Gasteiger partial charge in [0.2, 0.25) is 0 Å². The fourth-order valence-corrected chi connectivity index (χ4v) is 2.22. The summed E-state index contributed by atoms with van der Waals surface area (Å²) in [6.07, 6.45) is 0.697. The van der Waals surface area contributed by atoms with Crippen LogP contribution in [0.25, 0.3) is 0 Å². The number of carbonyl (C=O) groups is 1. The first kappa shape index (κ1) is 16.9. The van der Waals surface area contributed by atoms with E-state index in [1.807, 2.05) is 13.8 Å². The fourth-order valence-electron chi connectivity index (χ4n) is 1.75. The number of halogens is 2. The summed E-state index contributed by atoms with van der Waals surface area (Å²) in [5, 5.41) is 11.9. The number of aliphatic hydroxyl groups excluding tert-OH is 1. The van der Waals surface area contributed by atoms with Crippen LogP contribution < -0.4 is 10.1 Å². The summed E-state index contributed by atoms with van der Waals surface area (Å²) in [6.45, 7) is 3.74. The number of amides is 1. The van der Waals surface area contributed by atoms with Crippen LogP contribution in [0.2, 0.25) is 0 Å². The Labute approximate surface area is 126 Å². The van der Waals surface area contributed by atoms with Crippen LogP contribution in [0.4, 0.5) is 4.39 Å². The molecule has 0 aromatic heterocycles. The summed E-state index contributed by atoms with van der Waals surface area (Å²) in [6, 6.07) is 3.70. The molecule has 0 radical (unpaired) electrons. The Balaban J connectivity index is 2.46. The van der Waals surface area contributed by atoms with Crippen molar-refractivity contribution in [2.45, 2.75) is 26.3 Å². The van der Waals surface area contributed by atoms with E-state index < -0.39 is 0 Å². The summed E-state index contributed by atoms with van der Waals surface area (Å²) in [4.78, 5) is 11.7. The highest BCUT2D eigenvalue weighted by Gasteiger charge is 2.14. The van der Waals surface area contributed by atoms with Gasteiger partial charge >= 0.3 is 0 Å². The molecule has 0 aliphatic heterocycles. The van der Waals surface area contributed by atoms with E-state index in [-0.39, 0.29) is 31.0 Å². The zero-order valence-corrected chi connectivity index (χ0v) is 13.1. The zero-order valence-electron chi connectivity index (χ0n) is 11.5. The first-order valence-electron chi connectivity index (χ1n) is 6.40. The third-order valence-corrected chi connectivity index (χ3v) is 3.21. The minimum Gasteiger partial charge on any atom is -0.483 e. The maximum Gasteiger partial charge on any atom is 0.258 e. The molecule has 0 fully saturated rings. The lowest BCUT2D eigenvalue weighted by Gasteiger charge is -2.18. The highest BCUT2D eigenvalue weighted by molar-refractivity contribution is 9.10. The number of rotatable bonds is 7. The van der Waals surface area contributed by atoms with Gasteiger partial charge in [-0.15, -0.1) is 0 Å². The highest BCUT2D eigenvalue weighted by atomic mass is 79.9. The summed E-state index contributed by atoms with van der Waals surface area (Å²) in [7, 11) is 0. The third-order valence-electron chi connectivity index (χ3n) is 2.59. The van der Waals surface area contributed by atoms with Crippen molar-refractivity contribution in [1.29, 1.82) is 0 Å².